The number of rotatable bonds is 5. The lowest BCUT2D eigenvalue weighted by atomic mass is 10.1. The lowest BCUT2D eigenvalue weighted by molar-refractivity contribution is 0.374. The predicted molar refractivity (Wildman–Crippen MR) is 104 cm³/mol. The third-order valence-corrected chi connectivity index (χ3v) is 3.57. The number of hydrogen-bond donors (Lipinski definition) is 2. The molecular weight excluding hydrogens is 403 g/mol. The normalized spacial score (nSPS) is 11.0. The molecule has 2 aromatic rings. The van der Waals surface area contributed by atoms with E-state index in [4.69, 9.17) is 4.52 Å². The van der Waals surface area contributed by atoms with Gasteiger partial charge in [0, 0.05) is 19.7 Å². The Morgan fingerprint density at radius 1 is 1.17 bits per heavy atom. The van der Waals surface area contributed by atoms with Crippen LogP contribution in [0.5, 0.6) is 0 Å². The molecule has 2 rings (SSSR count). The minimum Gasteiger partial charge on any atom is -0.359 e. The second-order valence-electron chi connectivity index (χ2n) is 5.35. The monoisotopic (exact) mass is 428 g/mol. The van der Waals surface area contributed by atoms with Crippen LogP contribution in [0, 0.1) is 13.8 Å². The van der Waals surface area contributed by atoms with E-state index < -0.39 is 0 Å². The summed E-state index contributed by atoms with van der Waals surface area (Å²) in [5, 5.41) is 10.5. The summed E-state index contributed by atoms with van der Waals surface area (Å²) >= 11 is 0. The van der Waals surface area contributed by atoms with Crippen LogP contribution in [0.25, 0.3) is 0 Å². The highest BCUT2D eigenvalue weighted by atomic mass is 127. The van der Waals surface area contributed by atoms with Crippen LogP contribution in [0.1, 0.15) is 35.1 Å². The van der Waals surface area contributed by atoms with Gasteiger partial charge >= 0.3 is 0 Å². The molecule has 0 aliphatic heterocycles. The van der Waals surface area contributed by atoms with Gasteiger partial charge in [0.25, 0.3) is 0 Å². The fraction of sp³-hybridized carbons (Fsp3) is 0.412. The summed E-state index contributed by atoms with van der Waals surface area (Å²) in [6.07, 6.45) is 0.878. The number of hydrogen-bond acceptors (Lipinski definition) is 3. The SMILES string of the molecule is CCc1cc(CNC(=NC)NCc2ccc(C)cc2C)on1.I. The molecule has 0 aliphatic rings. The van der Waals surface area contributed by atoms with E-state index in [0.29, 0.717) is 6.54 Å². The summed E-state index contributed by atoms with van der Waals surface area (Å²) in [5.74, 6) is 1.56. The van der Waals surface area contributed by atoms with E-state index in [-0.39, 0.29) is 24.0 Å². The van der Waals surface area contributed by atoms with Crippen molar-refractivity contribution in [3.8, 4) is 0 Å². The molecular formula is C17H25IN4O. The molecule has 0 spiro atoms. The van der Waals surface area contributed by atoms with Gasteiger partial charge in [-0.1, -0.05) is 35.8 Å². The van der Waals surface area contributed by atoms with Gasteiger partial charge < -0.3 is 15.2 Å². The van der Waals surface area contributed by atoms with E-state index in [1.54, 1.807) is 7.05 Å². The first-order valence-corrected chi connectivity index (χ1v) is 7.57. The van der Waals surface area contributed by atoms with E-state index in [1.807, 2.05) is 6.07 Å². The lowest BCUT2D eigenvalue weighted by Crippen LogP contribution is -2.36. The van der Waals surface area contributed by atoms with Gasteiger partial charge in [-0.25, -0.2) is 0 Å². The Kier molecular flexibility index (Phi) is 8.08. The van der Waals surface area contributed by atoms with E-state index in [2.05, 4.69) is 59.8 Å². The van der Waals surface area contributed by atoms with Gasteiger partial charge in [0.05, 0.1) is 12.2 Å². The zero-order valence-corrected chi connectivity index (χ0v) is 16.5. The van der Waals surface area contributed by atoms with Crippen molar-refractivity contribution in [2.24, 2.45) is 4.99 Å². The Balaban J connectivity index is 0.00000264. The molecule has 2 N–H and O–H groups in total. The number of halogens is 1. The minimum atomic E-state index is 0. The number of nitrogens with one attached hydrogen (secondary N) is 2. The zero-order valence-electron chi connectivity index (χ0n) is 14.1. The molecule has 0 radical (unpaired) electrons. The molecule has 1 aromatic carbocycles. The first kappa shape index (κ1) is 19.5. The molecule has 1 aromatic heterocycles. The third-order valence-electron chi connectivity index (χ3n) is 3.57. The van der Waals surface area contributed by atoms with E-state index >= 15 is 0 Å². The van der Waals surface area contributed by atoms with Crippen molar-refractivity contribution in [1.82, 2.24) is 15.8 Å². The Morgan fingerprint density at radius 3 is 2.52 bits per heavy atom. The molecule has 5 nitrogen and oxygen atoms in total. The first-order valence-electron chi connectivity index (χ1n) is 7.57. The minimum absolute atomic E-state index is 0. The van der Waals surface area contributed by atoms with Crippen molar-refractivity contribution in [2.75, 3.05) is 7.05 Å². The predicted octanol–water partition coefficient (Wildman–Crippen LogP) is 3.34. The average molecular weight is 428 g/mol. The number of aromatic nitrogens is 1. The van der Waals surface area contributed by atoms with Crippen LogP contribution in [0.2, 0.25) is 0 Å². The summed E-state index contributed by atoms with van der Waals surface area (Å²) < 4.78 is 5.25. The van der Waals surface area contributed by atoms with Crippen LogP contribution in [-0.2, 0) is 19.5 Å². The molecule has 0 saturated carbocycles. The van der Waals surface area contributed by atoms with Gasteiger partial charge in [-0.3, -0.25) is 4.99 Å². The number of benzene rings is 1. The molecule has 0 unspecified atom stereocenters. The lowest BCUT2D eigenvalue weighted by Gasteiger charge is -2.12. The average Bonchev–Trinajstić information content (AvgIpc) is 2.97. The van der Waals surface area contributed by atoms with Crippen molar-refractivity contribution in [3.05, 3.63) is 52.4 Å². The zero-order chi connectivity index (χ0) is 15.9. The second-order valence-corrected chi connectivity index (χ2v) is 5.35. The van der Waals surface area contributed by atoms with Crippen molar-refractivity contribution < 1.29 is 4.52 Å². The van der Waals surface area contributed by atoms with Crippen LogP contribution in [0.3, 0.4) is 0 Å². The Bertz CT molecular complexity index is 652. The fourth-order valence-electron chi connectivity index (χ4n) is 2.22. The highest BCUT2D eigenvalue weighted by Crippen LogP contribution is 2.10. The molecule has 6 heteroatoms. The quantitative estimate of drug-likeness (QED) is 0.436. The Labute approximate surface area is 155 Å². The first-order chi connectivity index (χ1) is 10.6. The molecule has 0 aliphatic carbocycles. The molecule has 126 valence electrons. The van der Waals surface area contributed by atoms with E-state index in [9.17, 15) is 0 Å². The van der Waals surface area contributed by atoms with Gasteiger partial charge in [-0.05, 0) is 31.4 Å². The van der Waals surface area contributed by atoms with E-state index in [1.165, 1.54) is 16.7 Å². The summed E-state index contributed by atoms with van der Waals surface area (Å²) in [4.78, 5) is 4.22. The van der Waals surface area contributed by atoms with Crippen LogP contribution in [0.4, 0.5) is 0 Å². The Hall–Kier alpha value is -1.57. The van der Waals surface area contributed by atoms with Gasteiger partial charge in [0.2, 0.25) is 0 Å². The summed E-state index contributed by atoms with van der Waals surface area (Å²) in [6, 6.07) is 8.42. The second kappa shape index (κ2) is 9.54. The number of aliphatic imine (C=N–C) groups is 1. The topological polar surface area (TPSA) is 62.5 Å². The van der Waals surface area contributed by atoms with Gasteiger partial charge in [-0.2, -0.15) is 0 Å². The van der Waals surface area contributed by atoms with Crippen molar-refractivity contribution in [2.45, 2.75) is 40.3 Å². The molecule has 1 heterocycles. The van der Waals surface area contributed by atoms with Gasteiger partial charge in [-0.15, -0.1) is 24.0 Å². The highest BCUT2D eigenvalue weighted by Gasteiger charge is 2.05. The molecule has 0 bridgehead atoms. The molecule has 0 fully saturated rings. The van der Waals surface area contributed by atoms with Crippen LogP contribution in [0.15, 0.2) is 33.8 Å². The largest absolute Gasteiger partial charge is 0.359 e. The Morgan fingerprint density at radius 2 is 1.91 bits per heavy atom. The number of aryl methyl sites for hydroxylation is 3. The van der Waals surface area contributed by atoms with Gasteiger partial charge in [0.15, 0.2) is 11.7 Å². The maximum atomic E-state index is 5.25. The number of guanidine groups is 1. The summed E-state index contributed by atoms with van der Waals surface area (Å²) in [7, 11) is 1.76. The number of nitrogens with zero attached hydrogens (tertiary/aromatic N) is 2. The standard InChI is InChI=1S/C17H24N4O.HI/c1-5-15-9-16(22-21-15)11-20-17(18-4)19-10-14-7-6-12(2)8-13(14)3;/h6-9H,5,10-11H2,1-4H3,(H2,18,19,20);1H. The summed E-state index contributed by atoms with van der Waals surface area (Å²) in [6.45, 7) is 7.59. The van der Waals surface area contributed by atoms with Crippen molar-refractivity contribution in [1.29, 1.82) is 0 Å². The third kappa shape index (κ3) is 5.85. The van der Waals surface area contributed by atoms with Crippen LogP contribution >= 0.6 is 24.0 Å². The van der Waals surface area contributed by atoms with Crippen molar-refractivity contribution in [3.63, 3.8) is 0 Å². The van der Waals surface area contributed by atoms with Gasteiger partial charge in [0.1, 0.15) is 0 Å². The van der Waals surface area contributed by atoms with Crippen LogP contribution in [-0.4, -0.2) is 18.2 Å². The smallest absolute Gasteiger partial charge is 0.191 e. The van der Waals surface area contributed by atoms with E-state index in [0.717, 1.165) is 30.4 Å². The summed E-state index contributed by atoms with van der Waals surface area (Å²) in [5.41, 5.74) is 4.79. The highest BCUT2D eigenvalue weighted by molar-refractivity contribution is 14.0. The fourth-order valence-corrected chi connectivity index (χ4v) is 2.22. The maximum Gasteiger partial charge on any atom is 0.191 e. The molecule has 0 amide bonds. The molecule has 0 atom stereocenters. The maximum absolute atomic E-state index is 5.25. The van der Waals surface area contributed by atoms with Crippen LogP contribution < -0.4 is 10.6 Å². The molecule has 0 saturated heterocycles. The van der Waals surface area contributed by atoms with Crippen molar-refractivity contribution >= 4 is 29.9 Å². The molecule has 23 heavy (non-hydrogen) atoms.